The van der Waals surface area contributed by atoms with Gasteiger partial charge in [-0.15, -0.1) is 0 Å². The van der Waals surface area contributed by atoms with Crippen molar-refractivity contribution in [2.45, 2.75) is 39.2 Å². The Bertz CT molecular complexity index is 599. The van der Waals surface area contributed by atoms with Crippen LogP contribution in [0, 0.1) is 0 Å². The normalized spacial score (nSPS) is 12.9. The van der Waals surface area contributed by atoms with E-state index in [-0.39, 0.29) is 6.04 Å². The fourth-order valence-corrected chi connectivity index (χ4v) is 3.20. The molecule has 20 heavy (non-hydrogen) atoms. The van der Waals surface area contributed by atoms with Gasteiger partial charge in [0, 0.05) is 20.5 Å². The van der Waals surface area contributed by atoms with E-state index in [4.69, 9.17) is 5.73 Å². The molecule has 2 aromatic rings. The maximum absolute atomic E-state index is 6.36. The number of aromatic nitrogens is 4. The van der Waals surface area contributed by atoms with Crippen LogP contribution in [0.1, 0.15) is 42.7 Å². The molecule has 0 saturated carbocycles. The van der Waals surface area contributed by atoms with Crippen LogP contribution in [0.4, 0.5) is 0 Å². The Labute approximate surface area is 128 Å². The van der Waals surface area contributed by atoms with Crippen LogP contribution in [-0.4, -0.2) is 19.6 Å². The van der Waals surface area contributed by atoms with Gasteiger partial charge in [-0.2, -0.15) is 10.2 Å². The third-order valence-corrected chi connectivity index (χ3v) is 4.54. The van der Waals surface area contributed by atoms with Crippen LogP contribution in [0.15, 0.2) is 10.5 Å². The SMILES string of the molecule is CCc1cc(C(N)Cc2c(Br)c(CC)nn2C)n(C)n1. The van der Waals surface area contributed by atoms with E-state index in [0.29, 0.717) is 0 Å². The smallest absolute Gasteiger partial charge is 0.0766 e. The fraction of sp³-hybridized carbons (Fsp3) is 0.571. The summed E-state index contributed by atoms with van der Waals surface area (Å²) in [6.45, 7) is 4.20. The molecule has 2 aromatic heterocycles. The summed E-state index contributed by atoms with van der Waals surface area (Å²) in [5, 5.41) is 8.97. The van der Waals surface area contributed by atoms with Crippen molar-refractivity contribution in [1.29, 1.82) is 0 Å². The number of nitrogens with zero attached hydrogens (tertiary/aromatic N) is 4. The van der Waals surface area contributed by atoms with Crippen LogP contribution in [0.5, 0.6) is 0 Å². The molecule has 2 N–H and O–H groups in total. The first kappa shape index (κ1) is 15.3. The van der Waals surface area contributed by atoms with Crippen molar-refractivity contribution in [3.05, 3.63) is 33.3 Å². The molecule has 0 radical (unpaired) electrons. The predicted octanol–water partition coefficient (Wildman–Crippen LogP) is 2.28. The average Bonchev–Trinajstić information content (AvgIpc) is 2.93. The maximum atomic E-state index is 6.36. The maximum Gasteiger partial charge on any atom is 0.0766 e. The molecule has 0 bridgehead atoms. The van der Waals surface area contributed by atoms with Gasteiger partial charge in [0.15, 0.2) is 0 Å². The summed E-state index contributed by atoms with van der Waals surface area (Å²) in [5.41, 5.74) is 10.7. The molecule has 0 aliphatic carbocycles. The first-order chi connectivity index (χ1) is 9.47. The molecule has 0 fully saturated rings. The fourth-order valence-electron chi connectivity index (χ4n) is 2.42. The lowest BCUT2D eigenvalue weighted by Crippen LogP contribution is -2.18. The van der Waals surface area contributed by atoms with Crippen molar-refractivity contribution in [2.24, 2.45) is 19.8 Å². The largest absolute Gasteiger partial charge is 0.322 e. The number of rotatable bonds is 5. The van der Waals surface area contributed by atoms with Crippen molar-refractivity contribution in [2.75, 3.05) is 0 Å². The Morgan fingerprint density at radius 1 is 1.20 bits per heavy atom. The van der Waals surface area contributed by atoms with E-state index < -0.39 is 0 Å². The van der Waals surface area contributed by atoms with Crippen LogP contribution < -0.4 is 5.73 Å². The molecular formula is C14H22BrN5. The molecule has 1 atom stereocenters. The van der Waals surface area contributed by atoms with Gasteiger partial charge >= 0.3 is 0 Å². The molecule has 0 aliphatic heterocycles. The number of hydrogen-bond acceptors (Lipinski definition) is 3. The summed E-state index contributed by atoms with van der Waals surface area (Å²) in [7, 11) is 3.91. The zero-order chi connectivity index (χ0) is 14.9. The Kier molecular flexibility index (Phi) is 4.65. The molecule has 0 spiro atoms. The number of hydrogen-bond donors (Lipinski definition) is 1. The molecule has 6 heteroatoms. The second-order valence-corrected chi connectivity index (χ2v) is 5.83. The van der Waals surface area contributed by atoms with Gasteiger partial charge in [0.05, 0.1) is 33.3 Å². The van der Waals surface area contributed by atoms with E-state index in [9.17, 15) is 0 Å². The van der Waals surface area contributed by atoms with Crippen LogP contribution in [-0.2, 0) is 33.4 Å². The summed E-state index contributed by atoms with van der Waals surface area (Å²) < 4.78 is 4.88. The highest BCUT2D eigenvalue weighted by molar-refractivity contribution is 9.10. The van der Waals surface area contributed by atoms with E-state index in [0.717, 1.165) is 46.5 Å². The standard InChI is InChI=1S/C14H22BrN5/c1-5-9-7-12(19(3)17-9)10(16)8-13-14(15)11(6-2)18-20(13)4/h7,10H,5-6,8,16H2,1-4H3. The highest BCUT2D eigenvalue weighted by atomic mass is 79.9. The van der Waals surface area contributed by atoms with E-state index in [1.807, 2.05) is 23.5 Å². The Hall–Kier alpha value is -1.14. The number of nitrogens with two attached hydrogens (primary N) is 1. The minimum absolute atomic E-state index is 0.0794. The second-order valence-electron chi connectivity index (χ2n) is 5.03. The van der Waals surface area contributed by atoms with Gasteiger partial charge in [-0.1, -0.05) is 13.8 Å². The first-order valence-electron chi connectivity index (χ1n) is 6.96. The molecule has 1 unspecified atom stereocenters. The highest BCUT2D eigenvalue weighted by Gasteiger charge is 2.19. The zero-order valence-corrected chi connectivity index (χ0v) is 14.1. The lowest BCUT2D eigenvalue weighted by molar-refractivity contribution is 0.585. The van der Waals surface area contributed by atoms with Crippen LogP contribution in [0.3, 0.4) is 0 Å². The van der Waals surface area contributed by atoms with Crippen molar-refractivity contribution in [3.63, 3.8) is 0 Å². The predicted molar refractivity (Wildman–Crippen MR) is 83.5 cm³/mol. The second kappa shape index (κ2) is 6.10. The third kappa shape index (κ3) is 2.81. The molecule has 110 valence electrons. The summed E-state index contributed by atoms with van der Waals surface area (Å²) in [5.74, 6) is 0. The average molecular weight is 340 g/mol. The minimum atomic E-state index is -0.0794. The summed E-state index contributed by atoms with van der Waals surface area (Å²) in [4.78, 5) is 0. The number of halogens is 1. The molecule has 2 rings (SSSR count). The van der Waals surface area contributed by atoms with Gasteiger partial charge in [-0.3, -0.25) is 9.36 Å². The molecule has 0 amide bonds. The van der Waals surface area contributed by atoms with Crippen molar-refractivity contribution in [3.8, 4) is 0 Å². The van der Waals surface area contributed by atoms with Gasteiger partial charge in [0.1, 0.15) is 0 Å². The van der Waals surface area contributed by atoms with Crippen LogP contribution >= 0.6 is 15.9 Å². The van der Waals surface area contributed by atoms with Crippen molar-refractivity contribution in [1.82, 2.24) is 19.6 Å². The highest BCUT2D eigenvalue weighted by Crippen LogP contribution is 2.26. The van der Waals surface area contributed by atoms with E-state index >= 15 is 0 Å². The topological polar surface area (TPSA) is 61.7 Å². The lowest BCUT2D eigenvalue weighted by atomic mass is 10.1. The van der Waals surface area contributed by atoms with Crippen molar-refractivity contribution < 1.29 is 0 Å². The summed E-state index contributed by atoms with van der Waals surface area (Å²) >= 11 is 3.64. The quantitative estimate of drug-likeness (QED) is 0.908. The first-order valence-corrected chi connectivity index (χ1v) is 7.75. The Balaban J connectivity index is 2.25. The van der Waals surface area contributed by atoms with Crippen molar-refractivity contribution >= 4 is 15.9 Å². The van der Waals surface area contributed by atoms with E-state index in [1.54, 1.807) is 0 Å². The molecule has 2 heterocycles. The number of aryl methyl sites for hydroxylation is 4. The van der Waals surface area contributed by atoms with Crippen LogP contribution in [0.2, 0.25) is 0 Å². The van der Waals surface area contributed by atoms with Gasteiger partial charge < -0.3 is 5.73 Å². The molecule has 0 aliphatic rings. The zero-order valence-electron chi connectivity index (χ0n) is 12.5. The lowest BCUT2D eigenvalue weighted by Gasteiger charge is -2.12. The molecular weight excluding hydrogens is 318 g/mol. The van der Waals surface area contributed by atoms with Crippen LogP contribution in [0.25, 0.3) is 0 Å². The van der Waals surface area contributed by atoms with E-state index in [2.05, 4.69) is 46.0 Å². The van der Waals surface area contributed by atoms with Gasteiger partial charge in [-0.25, -0.2) is 0 Å². The third-order valence-electron chi connectivity index (χ3n) is 3.62. The Morgan fingerprint density at radius 3 is 2.40 bits per heavy atom. The molecule has 0 aromatic carbocycles. The van der Waals surface area contributed by atoms with Gasteiger partial charge in [0.25, 0.3) is 0 Å². The monoisotopic (exact) mass is 339 g/mol. The Morgan fingerprint density at radius 2 is 1.90 bits per heavy atom. The summed E-state index contributed by atoms with van der Waals surface area (Å²) in [6, 6.07) is 2.01. The summed E-state index contributed by atoms with van der Waals surface area (Å²) in [6.07, 6.45) is 2.58. The molecule has 0 saturated heterocycles. The van der Waals surface area contributed by atoms with Gasteiger partial charge in [-0.05, 0) is 34.8 Å². The minimum Gasteiger partial charge on any atom is -0.322 e. The van der Waals surface area contributed by atoms with E-state index in [1.165, 1.54) is 0 Å². The molecule has 5 nitrogen and oxygen atoms in total. The van der Waals surface area contributed by atoms with Gasteiger partial charge in [0.2, 0.25) is 0 Å².